The van der Waals surface area contributed by atoms with E-state index in [2.05, 4.69) is 25.7 Å². The number of benzene rings is 1. The van der Waals surface area contributed by atoms with Gasteiger partial charge in [-0.25, -0.2) is 0 Å². The van der Waals surface area contributed by atoms with Crippen molar-refractivity contribution in [3.63, 3.8) is 0 Å². The Hall–Kier alpha value is -2.63. The van der Waals surface area contributed by atoms with Crippen LogP contribution in [-0.2, 0) is 0 Å². The van der Waals surface area contributed by atoms with Crippen LogP contribution in [0.5, 0.6) is 0 Å². The van der Waals surface area contributed by atoms with Gasteiger partial charge in [0.05, 0.1) is 17.3 Å². The lowest BCUT2D eigenvalue weighted by Gasteiger charge is -2.13. The fourth-order valence-corrected chi connectivity index (χ4v) is 2.67. The number of hydrogen-bond donors (Lipinski definition) is 3. The summed E-state index contributed by atoms with van der Waals surface area (Å²) in [6, 6.07) is 7.44. The third kappa shape index (κ3) is 2.29. The van der Waals surface area contributed by atoms with Gasteiger partial charge in [-0.15, -0.1) is 0 Å². The number of carbonyl (C=O) groups excluding carboxylic acids is 1. The van der Waals surface area contributed by atoms with Gasteiger partial charge in [0.1, 0.15) is 0 Å². The molecule has 0 aliphatic heterocycles. The van der Waals surface area contributed by atoms with Crippen molar-refractivity contribution in [2.75, 3.05) is 0 Å². The zero-order valence-corrected chi connectivity index (χ0v) is 12.2. The van der Waals surface area contributed by atoms with E-state index >= 15 is 0 Å². The third-order valence-corrected chi connectivity index (χ3v) is 3.65. The minimum absolute atomic E-state index is 0.133. The Bertz CT molecular complexity index is 782. The maximum Gasteiger partial charge on any atom is 0.272 e. The molecule has 2 heterocycles. The van der Waals surface area contributed by atoms with Gasteiger partial charge >= 0.3 is 0 Å². The van der Waals surface area contributed by atoms with Crippen molar-refractivity contribution in [1.29, 1.82) is 0 Å². The van der Waals surface area contributed by atoms with Gasteiger partial charge in [0.15, 0.2) is 5.69 Å². The fourth-order valence-electron chi connectivity index (χ4n) is 2.67. The molecule has 1 atom stereocenters. The number of H-pyrrole nitrogens is 2. The van der Waals surface area contributed by atoms with Gasteiger partial charge in [-0.05, 0) is 26.8 Å². The van der Waals surface area contributed by atoms with E-state index in [0.717, 1.165) is 27.9 Å². The largest absolute Gasteiger partial charge is 0.344 e. The van der Waals surface area contributed by atoms with E-state index < -0.39 is 0 Å². The van der Waals surface area contributed by atoms with E-state index in [9.17, 15) is 4.79 Å². The Morgan fingerprint density at radius 1 is 1.19 bits per heavy atom. The lowest BCUT2D eigenvalue weighted by Crippen LogP contribution is -2.27. The molecular formula is C15H17N5O. The average Bonchev–Trinajstić information content (AvgIpc) is 3.02. The van der Waals surface area contributed by atoms with Gasteiger partial charge in [-0.2, -0.15) is 10.2 Å². The van der Waals surface area contributed by atoms with Crippen molar-refractivity contribution in [3.8, 4) is 0 Å². The molecule has 3 N–H and O–H groups in total. The number of rotatable bonds is 3. The maximum absolute atomic E-state index is 12.4. The number of aryl methyl sites for hydroxylation is 2. The molecule has 21 heavy (non-hydrogen) atoms. The smallest absolute Gasteiger partial charge is 0.272 e. The molecule has 6 heteroatoms. The molecule has 1 unspecified atom stereocenters. The topological polar surface area (TPSA) is 86.5 Å². The number of amides is 1. The predicted molar refractivity (Wildman–Crippen MR) is 80.0 cm³/mol. The van der Waals surface area contributed by atoms with Gasteiger partial charge in [0, 0.05) is 16.6 Å². The van der Waals surface area contributed by atoms with Crippen molar-refractivity contribution in [1.82, 2.24) is 25.7 Å². The summed E-state index contributed by atoms with van der Waals surface area (Å²) >= 11 is 0. The van der Waals surface area contributed by atoms with Gasteiger partial charge in [0.25, 0.3) is 5.91 Å². The summed E-state index contributed by atoms with van der Waals surface area (Å²) in [5.74, 6) is -0.194. The molecule has 0 saturated heterocycles. The molecule has 0 radical (unpaired) electrons. The molecule has 0 bridgehead atoms. The van der Waals surface area contributed by atoms with Gasteiger partial charge in [0.2, 0.25) is 0 Å². The Balaban J connectivity index is 1.87. The SMILES string of the molecule is Cc1n[nH]c(C)c1C(C)NC(=O)c1n[nH]c2ccccc12. The highest BCUT2D eigenvalue weighted by molar-refractivity contribution is 6.04. The third-order valence-electron chi connectivity index (χ3n) is 3.65. The number of para-hydroxylation sites is 1. The van der Waals surface area contributed by atoms with E-state index in [-0.39, 0.29) is 11.9 Å². The van der Waals surface area contributed by atoms with Crippen LogP contribution in [0, 0.1) is 13.8 Å². The first-order valence-electron chi connectivity index (χ1n) is 6.83. The second-order valence-corrected chi connectivity index (χ2v) is 5.16. The Kier molecular flexibility index (Phi) is 3.21. The minimum Gasteiger partial charge on any atom is -0.344 e. The van der Waals surface area contributed by atoms with Crippen LogP contribution in [0.25, 0.3) is 10.9 Å². The summed E-state index contributed by atoms with van der Waals surface area (Å²) in [6.45, 7) is 5.81. The Morgan fingerprint density at radius 3 is 2.67 bits per heavy atom. The highest BCUT2D eigenvalue weighted by Gasteiger charge is 2.20. The van der Waals surface area contributed by atoms with E-state index in [1.54, 1.807) is 0 Å². The monoisotopic (exact) mass is 283 g/mol. The zero-order valence-electron chi connectivity index (χ0n) is 12.2. The summed E-state index contributed by atoms with van der Waals surface area (Å²) in [6.07, 6.45) is 0. The predicted octanol–water partition coefficient (Wildman–Crippen LogP) is 2.39. The Labute approximate surface area is 122 Å². The van der Waals surface area contributed by atoms with Crippen LogP contribution < -0.4 is 5.32 Å². The molecule has 0 aliphatic carbocycles. The van der Waals surface area contributed by atoms with E-state index in [0.29, 0.717) is 5.69 Å². The number of hydrogen-bond acceptors (Lipinski definition) is 3. The number of nitrogens with zero attached hydrogens (tertiary/aromatic N) is 2. The first-order chi connectivity index (χ1) is 10.1. The molecule has 0 spiro atoms. The van der Waals surface area contributed by atoms with Gasteiger partial charge in [-0.3, -0.25) is 15.0 Å². The van der Waals surface area contributed by atoms with Crippen LogP contribution in [0.3, 0.4) is 0 Å². The van der Waals surface area contributed by atoms with Crippen molar-refractivity contribution in [2.45, 2.75) is 26.8 Å². The highest BCUT2D eigenvalue weighted by Crippen LogP contribution is 2.20. The molecular weight excluding hydrogens is 266 g/mol. The average molecular weight is 283 g/mol. The number of aromatic nitrogens is 4. The van der Waals surface area contributed by atoms with Crippen LogP contribution in [0.2, 0.25) is 0 Å². The van der Waals surface area contributed by atoms with Crippen molar-refractivity contribution in [2.24, 2.45) is 0 Å². The first-order valence-corrected chi connectivity index (χ1v) is 6.83. The lowest BCUT2D eigenvalue weighted by atomic mass is 10.1. The number of fused-ring (bicyclic) bond motifs is 1. The molecule has 0 aliphatic rings. The first kappa shape index (κ1) is 13.4. The van der Waals surface area contributed by atoms with Gasteiger partial charge < -0.3 is 5.32 Å². The quantitative estimate of drug-likeness (QED) is 0.689. The van der Waals surface area contributed by atoms with Gasteiger partial charge in [-0.1, -0.05) is 18.2 Å². The highest BCUT2D eigenvalue weighted by atomic mass is 16.2. The van der Waals surface area contributed by atoms with Crippen LogP contribution in [-0.4, -0.2) is 26.3 Å². The van der Waals surface area contributed by atoms with Crippen LogP contribution >= 0.6 is 0 Å². The molecule has 0 saturated carbocycles. The normalized spacial score (nSPS) is 12.5. The second kappa shape index (κ2) is 5.05. The Morgan fingerprint density at radius 2 is 1.95 bits per heavy atom. The lowest BCUT2D eigenvalue weighted by molar-refractivity contribution is 0.0936. The maximum atomic E-state index is 12.4. The van der Waals surface area contributed by atoms with E-state index in [1.165, 1.54) is 0 Å². The molecule has 108 valence electrons. The molecule has 1 aromatic carbocycles. The number of nitrogens with one attached hydrogen (secondary N) is 3. The summed E-state index contributed by atoms with van der Waals surface area (Å²) in [5.41, 5.74) is 4.14. The van der Waals surface area contributed by atoms with Crippen LogP contribution in [0.15, 0.2) is 24.3 Å². The molecule has 0 fully saturated rings. The standard InChI is InChI=1S/C15H17N5O/c1-8(13-9(2)17-18-10(13)3)16-15(21)14-11-6-4-5-7-12(11)19-20-14/h4-8H,1-3H3,(H,16,21)(H,17,18)(H,19,20). The molecule has 6 nitrogen and oxygen atoms in total. The summed E-state index contributed by atoms with van der Waals surface area (Å²) in [7, 11) is 0. The number of aromatic amines is 2. The number of carbonyl (C=O) groups is 1. The van der Waals surface area contributed by atoms with Crippen molar-refractivity contribution >= 4 is 16.8 Å². The van der Waals surface area contributed by atoms with E-state index in [1.807, 2.05) is 45.0 Å². The van der Waals surface area contributed by atoms with Crippen molar-refractivity contribution < 1.29 is 4.79 Å². The second-order valence-electron chi connectivity index (χ2n) is 5.16. The summed E-state index contributed by atoms with van der Waals surface area (Å²) in [4.78, 5) is 12.4. The van der Waals surface area contributed by atoms with Crippen LogP contribution in [0.4, 0.5) is 0 Å². The zero-order chi connectivity index (χ0) is 15.0. The summed E-state index contributed by atoms with van der Waals surface area (Å²) < 4.78 is 0. The molecule has 3 aromatic rings. The molecule has 1 amide bonds. The molecule has 3 rings (SSSR count). The molecule has 2 aromatic heterocycles. The minimum atomic E-state index is -0.194. The van der Waals surface area contributed by atoms with E-state index in [4.69, 9.17) is 0 Å². The summed E-state index contributed by atoms with van der Waals surface area (Å²) in [5, 5.41) is 17.9. The van der Waals surface area contributed by atoms with Crippen LogP contribution in [0.1, 0.15) is 40.4 Å². The van der Waals surface area contributed by atoms with Crippen molar-refractivity contribution in [3.05, 3.63) is 46.9 Å². The fraction of sp³-hybridized carbons (Fsp3) is 0.267.